The third kappa shape index (κ3) is 3.09. The molecule has 7 heteroatoms. The van der Waals surface area contributed by atoms with Crippen LogP contribution in [0.2, 0.25) is 0 Å². The molecular weight excluding hydrogens is 342 g/mol. The van der Waals surface area contributed by atoms with Gasteiger partial charge >= 0.3 is 0 Å². The maximum absolute atomic E-state index is 13.2. The second-order valence-electron chi connectivity index (χ2n) is 7.68. The van der Waals surface area contributed by atoms with Crippen LogP contribution >= 0.6 is 0 Å². The number of hydrogen-bond donors (Lipinski definition) is 0. The number of aryl methyl sites for hydroxylation is 3. The highest BCUT2D eigenvalue weighted by molar-refractivity contribution is 5.94. The molecule has 0 unspecified atom stereocenters. The number of piperidine rings is 1. The van der Waals surface area contributed by atoms with Crippen molar-refractivity contribution in [3.63, 3.8) is 0 Å². The Kier molecular flexibility index (Phi) is 4.61. The number of amides is 1. The van der Waals surface area contributed by atoms with Gasteiger partial charge in [0.2, 0.25) is 0 Å². The number of carbonyl (C=O) groups is 1. The molecule has 0 saturated carbocycles. The first kappa shape index (κ1) is 17.9. The van der Waals surface area contributed by atoms with Gasteiger partial charge in [0.05, 0.1) is 5.69 Å². The zero-order valence-electron chi connectivity index (χ0n) is 16.4. The van der Waals surface area contributed by atoms with Gasteiger partial charge in [-0.05, 0) is 32.6 Å². The lowest BCUT2D eigenvalue weighted by Crippen LogP contribution is -2.41. The first-order valence-corrected chi connectivity index (χ1v) is 9.92. The quantitative estimate of drug-likeness (QED) is 0.827. The molecule has 1 atom stereocenters. The van der Waals surface area contributed by atoms with Gasteiger partial charge in [-0.1, -0.05) is 6.92 Å². The largest absolute Gasteiger partial charge is 0.337 e. The molecule has 144 valence electrons. The molecule has 27 heavy (non-hydrogen) atoms. The monoisotopic (exact) mass is 369 g/mol. The van der Waals surface area contributed by atoms with Crippen molar-refractivity contribution in [2.75, 3.05) is 13.1 Å². The Morgan fingerprint density at radius 2 is 2.11 bits per heavy atom. The molecule has 2 aliphatic heterocycles. The Bertz CT molecular complexity index is 943. The SMILES string of the molecule is CCc1nn(C)c(C(=O)N2CCC[C@@H](c3cc(=O)nc4n3CCC4)C2)c1C. The molecule has 4 heterocycles. The minimum Gasteiger partial charge on any atom is -0.337 e. The number of rotatable bonds is 3. The van der Waals surface area contributed by atoms with E-state index in [-0.39, 0.29) is 17.4 Å². The van der Waals surface area contributed by atoms with Crippen molar-refractivity contribution in [3.8, 4) is 0 Å². The summed E-state index contributed by atoms with van der Waals surface area (Å²) < 4.78 is 3.92. The molecule has 2 aromatic heterocycles. The highest BCUT2D eigenvalue weighted by atomic mass is 16.2. The smallest absolute Gasteiger partial charge is 0.273 e. The van der Waals surface area contributed by atoms with Gasteiger partial charge in [-0.2, -0.15) is 10.1 Å². The summed E-state index contributed by atoms with van der Waals surface area (Å²) in [4.78, 5) is 31.4. The van der Waals surface area contributed by atoms with E-state index in [4.69, 9.17) is 0 Å². The molecule has 0 aliphatic carbocycles. The van der Waals surface area contributed by atoms with E-state index in [0.29, 0.717) is 12.2 Å². The average Bonchev–Trinajstić information content (AvgIpc) is 3.24. The molecular formula is C20H27N5O2. The predicted molar refractivity (Wildman–Crippen MR) is 102 cm³/mol. The molecule has 0 spiro atoms. The summed E-state index contributed by atoms with van der Waals surface area (Å²) in [7, 11) is 1.84. The third-order valence-electron chi connectivity index (χ3n) is 5.96. The van der Waals surface area contributed by atoms with Crippen molar-refractivity contribution < 1.29 is 4.79 Å². The average molecular weight is 369 g/mol. The van der Waals surface area contributed by atoms with E-state index in [0.717, 1.165) is 68.0 Å². The van der Waals surface area contributed by atoms with E-state index in [9.17, 15) is 9.59 Å². The van der Waals surface area contributed by atoms with Gasteiger partial charge in [-0.15, -0.1) is 0 Å². The molecule has 0 aromatic carbocycles. The van der Waals surface area contributed by atoms with Crippen molar-refractivity contribution in [1.82, 2.24) is 24.2 Å². The van der Waals surface area contributed by atoms with Crippen molar-refractivity contribution in [2.24, 2.45) is 7.05 Å². The first-order valence-electron chi connectivity index (χ1n) is 9.92. The Hall–Kier alpha value is -2.44. The highest BCUT2D eigenvalue weighted by Gasteiger charge is 2.31. The number of nitrogens with zero attached hydrogens (tertiary/aromatic N) is 5. The Labute approximate surface area is 159 Å². The van der Waals surface area contributed by atoms with Crippen LogP contribution in [0, 0.1) is 6.92 Å². The molecule has 1 saturated heterocycles. The number of likely N-dealkylation sites (tertiary alicyclic amines) is 1. The minimum absolute atomic E-state index is 0.0462. The van der Waals surface area contributed by atoms with Gasteiger partial charge in [0.25, 0.3) is 11.5 Å². The fourth-order valence-corrected chi connectivity index (χ4v) is 4.63. The molecule has 0 bridgehead atoms. The first-order chi connectivity index (χ1) is 13.0. The standard InChI is InChI=1S/C20H27N5O2/c1-4-15-13(2)19(23(3)22-15)20(27)24-9-5-7-14(12-24)16-11-18(26)21-17-8-6-10-25(16)17/h11,14H,4-10,12H2,1-3H3/t14-/m1/s1. The van der Waals surface area contributed by atoms with Crippen molar-refractivity contribution in [1.29, 1.82) is 0 Å². The molecule has 1 fully saturated rings. The normalized spacial score (nSPS) is 19.4. The summed E-state index contributed by atoms with van der Waals surface area (Å²) in [5, 5.41) is 4.50. The zero-order valence-corrected chi connectivity index (χ0v) is 16.4. The summed E-state index contributed by atoms with van der Waals surface area (Å²) in [5.74, 6) is 1.13. The Morgan fingerprint density at radius 1 is 1.30 bits per heavy atom. The fraction of sp³-hybridized carbons (Fsp3) is 0.600. The van der Waals surface area contributed by atoms with E-state index in [1.54, 1.807) is 10.7 Å². The maximum Gasteiger partial charge on any atom is 0.273 e. The maximum atomic E-state index is 13.2. The topological polar surface area (TPSA) is 73.0 Å². The van der Waals surface area contributed by atoms with Gasteiger partial charge in [0, 0.05) is 56.3 Å². The van der Waals surface area contributed by atoms with Gasteiger partial charge in [-0.25, -0.2) is 0 Å². The van der Waals surface area contributed by atoms with Crippen LogP contribution < -0.4 is 5.56 Å². The second kappa shape index (κ2) is 6.94. The van der Waals surface area contributed by atoms with E-state index in [1.807, 2.05) is 18.9 Å². The molecule has 2 aromatic rings. The molecule has 1 amide bonds. The molecule has 2 aliphatic rings. The minimum atomic E-state index is -0.156. The number of aromatic nitrogens is 4. The van der Waals surface area contributed by atoms with Gasteiger partial charge in [0.1, 0.15) is 11.5 Å². The van der Waals surface area contributed by atoms with Crippen LogP contribution in [0.5, 0.6) is 0 Å². The van der Waals surface area contributed by atoms with Crippen LogP contribution in [-0.4, -0.2) is 43.2 Å². The van der Waals surface area contributed by atoms with Crippen molar-refractivity contribution in [3.05, 3.63) is 44.9 Å². The lowest BCUT2D eigenvalue weighted by atomic mass is 9.93. The Balaban J connectivity index is 1.62. The lowest BCUT2D eigenvalue weighted by Gasteiger charge is -2.34. The zero-order chi connectivity index (χ0) is 19.1. The second-order valence-corrected chi connectivity index (χ2v) is 7.68. The van der Waals surface area contributed by atoms with E-state index < -0.39 is 0 Å². The summed E-state index contributed by atoms with van der Waals surface area (Å²) in [6, 6.07) is 1.68. The molecule has 7 nitrogen and oxygen atoms in total. The van der Waals surface area contributed by atoms with E-state index in [2.05, 4.69) is 21.6 Å². The lowest BCUT2D eigenvalue weighted by molar-refractivity contribution is 0.0692. The number of hydrogen-bond acceptors (Lipinski definition) is 4. The number of carbonyl (C=O) groups excluding carboxylic acids is 1. The van der Waals surface area contributed by atoms with Gasteiger partial charge < -0.3 is 9.47 Å². The van der Waals surface area contributed by atoms with Crippen LogP contribution in [0.1, 0.15) is 65.4 Å². The fourth-order valence-electron chi connectivity index (χ4n) is 4.63. The Morgan fingerprint density at radius 3 is 2.85 bits per heavy atom. The summed E-state index contributed by atoms with van der Waals surface area (Å²) in [5.41, 5.74) is 3.54. The van der Waals surface area contributed by atoms with Crippen molar-refractivity contribution in [2.45, 2.75) is 58.4 Å². The molecule has 4 rings (SSSR count). The van der Waals surface area contributed by atoms with Gasteiger partial charge in [-0.3, -0.25) is 14.3 Å². The van der Waals surface area contributed by atoms with Crippen LogP contribution in [0.25, 0.3) is 0 Å². The van der Waals surface area contributed by atoms with Gasteiger partial charge in [0.15, 0.2) is 0 Å². The summed E-state index contributed by atoms with van der Waals surface area (Å²) >= 11 is 0. The van der Waals surface area contributed by atoms with Crippen LogP contribution in [0.15, 0.2) is 10.9 Å². The molecule has 0 radical (unpaired) electrons. The third-order valence-corrected chi connectivity index (χ3v) is 5.96. The van der Waals surface area contributed by atoms with E-state index in [1.165, 1.54) is 0 Å². The van der Waals surface area contributed by atoms with Crippen molar-refractivity contribution >= 4 is 5.91 Å². The molecule has 0 N–H and O–H groups in total. The highest BCUT2D eigenvalue weighted by Crippen LogP contribution is 2.29. The van der Waals surface area contributed by atoms with E-state index >= 15 is 0 Å². The summed E-state index contributed by atoms with van der Waals surface area (Å²) in [6.07, 6.45) is 4.66. The summed E-state index contributed by atoms with van der Waals surface area (Å²) in [6.45, 7) is 6.36. The van der Waals surface area contributed by atoms with Crippen LogP contribution in [0.3, 0.4) is 0 Å². The van der Waals surface area contributed by atoms with Crippen LogP contribution in [0.4, 0.5) is 0 Å². The van der Waals surface area contributed by atoms with Crippen LogP contribution in [-0.2, 0) is 26.4 Å². The predicted octanol–water partition coefficient (Wildman–Crippen LogP) is 1.81. The number of fused-ring (bicyclic) bond motifs is 1.